The highest BCUT2D eigenvalue weighted by Crippen LogP contribution is 2.35. The van der Waals surface area contributed by atoms with Crippen molar-refractivity contribution in [2.24, 2.45) is 11.7 Å². The molecule has 1 aliphatic carbocycles. The summed E-state index contributed by atoms with van der Waals surface area (Å²) in [5.74, 6) is 1.34. The number of nitrogens with zero attached hydrogens (tertiary/aromatic N) is 2. The van der Waals surface area contributed by atoms with Crippen molar-refractivity contribution >= 4 is 0 Å². The van der Waals surface area contributed by atoms with Crippen molar-refractivity contribution < 1.29 is 0 Å². The molecule has 1 aromatic rings. The molecular weight excluding hydrogens is 210 g/mol. The van der Waals surface area contributed by atoms with Gasteiger partial charge in [0, 0.05) is 24.5 Å². The molecule has 0 bridgehead atoms. The van der Waals surface area contributed by atoms with Crippen molar-refractivity contribution in [3.8, 4) is 0 Å². The maximum absolute atomic E-state index is 6.01. The van der Waals surface area contributed by atoms with Gasteiger partial charge in [-0.15, -0.1) is 0 Å². The van der Waals surface area contributed by atoms with Gasteiger partial charge < -0.3 is 10.3 Å². The van der Waals surface area contributed by atoms with E-state index in [9.17, 15) is 0 Å². The van der Waals surface area contributed by atoms with Crippen LogP contribution in [0.3, 0.4) is 0 Å². The van der Waals surface area contributed by atoms with E-state index in [1.165, 1.54) is 31.4 Å². The van der Waals surface area contributed by atoms with E-state index in [0.29, 0.717) is 12.0 Å². The summed E-state index contributed by atoms with van der Waals surface area (Å²) < 4.78 is 2.35. The Hall–Kier alpha value is -0.830. The van der Waals surface area contributed by atoms with E-state index < -0.39 is 0 Å². The normalized spacial score (nSPS) is 20.6. The molecule has 1 heterocycles. The quantitative estimate of drug-likeness (QED) is 0.852. The van der Waals surface area contributed by atoms with E-state index in [1.807, 2.05) is 12.5 Å². The molecule has 1 aromatic heterocycles. The molecule has 1 fully saturated rings. The van der Waals surface area contributed by atoms with Gasteiger partial charge in [-0.1, -0.05) is 26.7 Å². The summed E-state index contributed by atoms with van der Waals surface area (Å²) in [6, 6.07) is 0.462. The standard InChI is InChI=1S/C14H25N3/c1-3-11(2)14-9-16-10-17(14)13(8-15)12-6-4-5-7-12/h9-13H,3-8,15H2,1-2H3. The Morgan fingerprint density at radius 3 is 2.76 bits per heavy atom. The first kappa shape index (κ1) is 12.6. The average molecular weight is 235 g/mol. The average Bonchev–Trinajstić information content (AvgIpc) is 3.00. The molecule has 2 atom stereocenters. The lowest BCUT2D eigenvalue weighted by atomic mass is 9.96. The van der Waals surface area contributed by atoms with Crippen LogP contribution in [0.25, 0.3) is 0 Å². The van der Waals surface area contributed by atoms with E-state index in [1.54, 1.807) is 0 Å². The van der Waals surface area contributed by atoms with Gasteiger partial charge in [0.1, 0.15) is 0 Å². The third-order valence-corrected chi connectivity index (χ3v) is 4.36. The molecule has 2 rings (SSSR count). The largest absolute Gasteiger partial charge is 0.330 e. The number of rotatable bonds is 5. The van der Waals surface area contributed by atoms with Crippen LogP contribution in [0.15, 0.2) is 12.5 Å². The molecule has 3 heteroatoms. The Morgan fingerprint density at radius 1 is 1.47 bits per heavy atom. The summed E-state index contributed by atoms with van der Waals surface area (Å²) in [7, 11) is 0. The third kappa shape index (κ3) is 2.54. The molecule has 96 valence electrons. The molecule has 0 aliphatic heterocycles. The smallest absolute Gasteiger partial charge is 0.0951 e. The van der Waals surface area contributed by atoms with E-state index >= 15 is 0 Å². The molecule has 0 aromatic carbocycles. The van der Waals surface area contributed by atoms with E-state index in [0.717, 1.165) is 18.9 Å². The van der Waals surface area contributed by atoms with Crippen LogP contribution >= 0.6 is 0 Å². The number of hydrogen-bond acceptors (Lipinski definition) is 2. The molecule has 3 nitrogen and oxygen atoms in total. The highest BCUT2D eigenvalue weighted by atomic mass is 15.1. The van der Waals surface area contributed by atoms with Crippen LogP contribution in [-0.2, 0) is 0 Å². The van der Waals surface area contributed by atoms with Crippen LogP contribution in [-0.4, -0.2) is 16.1 Å². The Morgan fingerprint density at radius 2 is 2.18 bits per heavy atom. The first-order valence-electron chi connectivity index (χ1n) is 6.99. The summed E-state index contributed by atoms with van der Waals surface area (Å²) in [4.78, 5) is 4.34. The van der Waals surface area contributed by atoms with Gasteiger partial charge in [0.15, 0.2) is 0 Å². The maximum Gasteiger partial charge on any atom is 0.0951 e. The second-order valence-electron chi connectivity index (χ2n) is 5.38. The van der Waals surface area contributed by atoms with Crippen molar-refractivity contribution in [1.29, 1.82) is 0 Å². The highest BCUT2D eigenvalue weighted by Gasteiger charge is 2.27. The lowest BCUT2D eigenvalue weighted by Gasteiger charge is -2.26. The summed E-state index contributed by atoms with van der Waals surface area (Å²) >= 11 is 0. The molecular formula is C14H25N3. The second kappa shape index (κ2) is 5.67. The lowest BCUT2D eigenvalue weighted by molar-refractivity contribution is 0.331. The number of hydrogen-bond donors (Lipinski definition) is 1. The van der Waals surface area contributed by atoms with Crippen LogP contribution < -0.4 is 5.73 Å². The molecule has 0 radical (unpaired) electrons. The van der Waals surface area contributed by atoms with Crippen LogP contribution in [0.1, 0.15) is 63.6 Å². The number of imidazole rings is 1. The Kier molecular flexibility index (Phi) is 4.21. The molecule has 1 aliphatic rings. The van der Waals surface area contributed by atoms with Crippen molar-refractivity contribution in [2.45, 2.75) is 57.9 Å². The molecule has 17 heavy (non-hydrogen) atoms. The number of aromatic nitrogens is 2. The first-order chi connectivity index (χ1) is 8.27. The molecule has 0 saturated heterocycles. The highest BCUT2D eigenvalue weighted by molar-refractivity contribution is 5.07. The molecule has 0 amide bonds. The van der Waals surface area contributed by atoms with Crippen LogP contribution in [0.4, 0.5) is 0 Å². The topological polar surface area (TPSA) is 43.8 Å². The van der Waals surface area contributed by atoms with Crippen molar-refractivity contribution in [2.75, 3.05) is 6.54 Å². The van der Waals surface area contributed by atoms with Gasteiger partial charge in [0.25, 0.3) is 0 Å². The zero-order chi connectivity index (χ0) is 12.3. The minimum Gasteiger partial charge on any atom is -0.330 e. The predicted molar refractivity (Wildman–Crippen MR) is 71.0 cm³/mol. The fourth-order valence-corrected chi connectivity index (χ4v) is 3.06. The SMILES string of the molecule is CCC(C)c1cncn1C(CN)C1CCCC1. The van der Waals surface area contributed by atoms with Crippen LogP contribution in [0.5, 0.6) is 0 Å². The van der Waals surface area contributed by atoms with Gasteiger partial charge in [-0.2, -0.15) is 0 Å². The summed E-state index contributed by atoms with van der Waals surface area (Å²) in [6.45, 7) is 5.25. The second-order valence-corrected chi connectivity index (χ2v) is 5.38. The fourth-order valence-electron chi connectivity index (χ4n) is 3.06. The molecule has 2 unspecified atom stereocenters. The summed E-state index contributed by atoms with van der Waals surface area (Å²) in [5, 5.41) is 0. The van der Waals surface area contributed by atoms with Gasteiger partial charge in [-0.3, -0.25) is 0 Å². The Balaban J connectivity index is 2.21. The van der Waals surface area contributed by atoms with E-state index in [2.05, 4.69) is 23.4 Å². The fraction of sp³-hybridized carbons (Fsp3) is 0.786. The Bertz CT molecular complexity index is 339. The monoisotopic (exact) mass is 235 g/mol. The number of nitrogens with two attached hydrogens (primary N) is 1. The first-order valence-corrected chi connectivity index (χ1v) is 6.99. The van der Waals surface area contributed by atoms with Gasteiger partial charge in [-0.25, -0.2) is 4.98 Å². The summed E-state index contributed by atoms with van der Waals surface area (Å²) in [5.41, 5.74) is 7.36. The van der Waals surface area contributed by atoms with E-state index in [4.69, 9.17) is 5.73 Å². The summed E-state index contributed by atoms with van der Waals surface area (Å²) in [6.07, 6.45) is 10.6. The molecule has 2 N–H and O–H groups in total. The molecule has 1 saturated carbocycles. The minimum absolute atomic E-state index is 0.462. The van der Waals surface area contributed by atoms with Crippen molar-refractivity contribution in [3.63, 3.8) is 0 Å². The zero-order valence-corrected chi connectivity index (χ0v) is 11.1. The van der Waals surface area contributed by atoms with Crippen LogP contribution in [0, 0.1) is 5.92 Å². The van der Waals surface area contributed by atoms with E-state index in [-0.39, 0.29) is 0 Å². The van der Waals surface area contributed by atoms with Gasteiger partial charge in [-0.05, 0) is 31.1 Å². The van der Waals surface area contributed by atoms with Gasteiger partial charge >= 0.3 is 0 Å². The molecule has 0 spiro atoms. The minimum atomic E-state index is 0.462. The Labute approximate surface area is 104 Å². The third-order valence-electron chi connectivity index (χ3n) is 4.36. The van der Waals surface area contributed by atoms with Crippen LogP contribution in [0.2, 0.25) is 0 Å². The van der Waals surface area contributed by atoms with Gasteiger partial charge in [0.05, 0.1) is 6.33 Å². The van der Waals surface area contributed by atoms with Crippen molar-refractivity contribution in [3.05, 3.63) is 18.2 Å². The predicted octanol–water partition coefficient (Wildman–Crippen LogP) is 3.09. The zero-order valence-electron chi connectivity index (χ0n) is 11.1. The van der Waals surface area contributed by atoms with Gasteiger partial charge in [0.2, 0.25) is 0 Å². The maximum atomic E-state index is 6.01. The lowest BCUT2D eigenvalue weighted by Crippen LogP contribution is -2.27. The van der Waals surface area contributed by atoms with Crippen molar-refractivity contribution in [1.82, 2.24) is 9.55 Å².